The maximum Gasteiger partial charge on any atom is 0.261 e. The molecule has 7 nitrogen and oxygen atoms in total. The fraction of sp³-hybridized carbons (Fsp3) is 0.333. The number of nitrogens with one attached hydrogen (secondary N) is 1. The monoisotopic (exact) mass is 278 g/mol. The molecule has 8 heteroatoms. The number of nitrogens with zero attached hydrogens (tertiary/aromatic N) is 5. The van der Waals surface area contributed by atoms with Crippen LogP contribution in [0.15, 0.2) is 17.4 Å². The summed E-state index contributed by atoms with van der Waals surface area (Å²) >= 11 is 0. The van der Waals surface area contributed by atoms with Gasteiger partial charge in [0, 0.05) is 18.9 Å². The third kappa shape index (κ3) is 2.90. The lowest BCUT2D eigenvalue weighted by Gasteiger charge is -2.02. The van der Waals surface area contributed by atoms with E-state index in [4.69, 9.17) is 0 Å². The number of carbonyl (C=O) groups excluding carboxylic acids is 1. The number of aromatic nitrogens is 4. The SMILES string of the molecule is Cc1nn(C)c(F)c1/C=N/NC(=O)Cn1nccc1C. The average molecular weight is 278 g/mol. The van der Waals surface area contributed by atoms with Crippen LogP contribution >= 0.6 is 0 Å². The lowest BCUT2D eigenvalue weighted by molar-refractivity contribution is -0.121. The van der Waals surface area contributed by atoms with Crippen molar-refractivity contribution in [1.29, 1.82) is 0 Å². The van der Waals surface area contributed by atoms with Gasteiger partial charge in [-0.1, -0.05) is 0 Å². The lowest BCUT2D eigenvalue weighted by atomic mass is 10.3. The molecule has 0 unspecified atom stereocenters. The molecule has 20 heavy (non-hydrogen) atoms. The zero-order valence-corrected chi connectivity index (χ0v) is 11.5. The lowest BCUT2D eigenvalue weighted by Crippen LogP contribution is -2.24. The van der Waals surface area contributed by atoms with Gasteiger partial charge in [0.2, 0.25) is 5.95 Å². The molecule has 0 saturated carbocycles. The zero-order valence-electron chi connectivity index (χ0n) is 11.5. The highest BCUT2D eigenvalue weighted by Gasteiger charge is 2.10. The second-order valence-corrected chi connectivity index (χ2v) is 4.34. The largest absolute Gasteiger partial charge is 0.271 e. The van der Waals surface area contributed by atoms with Crippen LogP contribution < -0.4 is 5.43 Å². The summed E-state index contributed by atoms with van der Waals surface area (Å²) in [5.41, 5.74) is 3.96. The Hall–Kier alpha value is -2.51. The fourth-order valence-electron chi connectivity index (χ4n) is 1.70. The molecule has 2 heterocycles. The van der Waals surface area contributed by atoms with E-state index < -0.39 is 5.95 Å². The highest BCUT2D eigenvalue weighted by Crippen LogP contribution is 2.07. The summed E-state index contributed by atoms with van der Waals surface area (Å²) in [5, 5.41) is 11.6. The van der Waals surface area contributed by atoms with Crippen molar-refractivity contribution >= 4 is 12.1 Å². The standard InChI is InChI=1S/C12H15FN6O/c1-8-4-5-15-19(8)7-11(20)16-14-6-10-9(2)17-18(3)12(10)13/h4-6H,7H2,1-3H3,(H,16,20)/b14-6+. The van der Waals surface area contributed by atoms with Crippen molar-refractivity contribution in [2.75, 3.05) is 0 Å². The van der Waals surface area contributed by atoms with Crippen molar-refractivity contribution in [1.82, 2.24) is 25.0 Å². The molecule has 0 aromatic carbocycles. The van der Waals surface area contributed by atoms with Crippen LogP contribution in [0.1, 0.15) is 17.0 Å². The number of carbonyl (C=O) groups is 1. The molecule has 0 bridgehead atoms. The Kier molecular flexibility index (Phi) is 3.92. The van der Waals surface area contributed by atoms with Gasteiger partial charge in [0.05, 0.1) is 17.5 Å². The highest BCUT2D eigenvalue weighted by molar-refractivity contribution is 5.83. The summed E-state index contributed by atoms with van der Waals surface area (Å²) in [6.45, 7) is 3.57. The molecule has 0 atom stereocenters. The first-order valence-corrected chi connectivity index (χ1v) is 5.98. The molecule has 2 aromatic rings. The third-order valence-corrected chi connectivity index (χ3v) is 2.80. The quantitative estimate of drug-likeness (QED) is 0.654. The van der Waals surface area contributed by atoms with Crippen LogP contribution in [-0.2, 0) is 18.4 Å². The Bertz CT molecular complexity index is 657. The summed E-state index contributed by atoms with van der Waals surface area (Å²) < 4.78 is 16.2. The fourth-order valence-corrected chi connectivity index (χ4v) is 1.70. The Morgan fingerprint density at radius 2 is 2.30 bits per heavy atom. The summed E-state index contributed by atoms with van der Waals surface area (Å²) in [6, 6.07) is 1.80. The minimum atomic E-state index is -0.497. The van der Waals surface area contributed by atoms with Crippen LogP contribution in [0.4, 0.5) is 4.39 Å². The topological polar surface area (TPSA) is 77.1 Å². The molecule has 2 rings (SSSR count). The Morgan fingerprint density at radius 1 is 1.55 bits per heavy atom. The summed E-state index contributed by atoms with van der Waals surface area (Å²) in [7, 11) is 1.50. The van der Waals surface area contributed by atoms with Gasteiger partial charge in [0.15, 0.2) is 0 Å². The van der Waals surface area contributed by atoms with E-state index in [2.05, 4.69) is 20.7 Å². The van der Waals surface area contributed by atoms with E-state index in [0.717, 1.165) is 10.4 Å². The number of hydrogen-bond donors (Lipinski definition) is 1. The van der Waals surface area contributed by atoms with Gasteiger partial charge in [-0.3, -0.25) is 9.48 Å². The van der Waals surface area contributed by atoms with E-state index in [1.165, 1.54) is 13.3 Å². The first kappa shape index (κ1) is 13.9. The number of hydrazone groups is 1. The number of rotatable bonds is 4. The molecular weight excluding hydrogens is 263 g/mol. The van der Waals surface area contributed by atoms with Crippen molar-refractivity contribution in [2.24, 2.45) is 12.1 Å². The van der Waals surface area contributed by atoms with Gasteiger partial charge in [0.25, 0.3) is 5.91 Å². The van der Waals surface area contributed by atoms with Crippen molar-refractivity contribution < 1.29 is 9.18 Å². The zero-order chi connectivity index (χ0) is 14.7. The molecule has 106 valence electrons. The summed E-state index contributed by atoms with van der Waals surface area (Å²) in [6.07, 6.45) is 2.85. The van der Waals surface area contributed by atoms with Crippen LogP contribution in [0.25, 0.3) is 0 Å². The van der Waals surface area contributed by atoms with E-state index in [1.807, 2.05) is 6.92 Å². The Labute approximate surface area is 115 Å². The second kappa shape index (κ2) is 5.64. The van der Waals surface area contributed by atoms with E-state index in [9.17, 15) is 9.18 Å². The summed E-state index contributed by atoms with van der Waals surface area (Å²) in [5.74, 6) is -0.835. The van der Waals surface area contributed by atoms with Crippen LogP contribution in [-0.4, -0.2) is 31.7 Å². The maximum atomic E-state index is 13.6. The molecule has 1 N–H and O–H groups in total. The summed E-state index contributed by atoms with van der Waals surface area (Å²) in [4.78, 5) is 11.6. The predicted octanol–water partition coefficient (Wildman–Crippen LogP) is 0.523. The third-order valence-electron chi connectivity index (χ3n) is 2.80. The molecule has 1 amide bonds. The van der Waals surface area contributed by atoms with E-state index >= 15 is 0 Å². The van der Waals surface area contributed by atoms with Crippen molar-refractivity contribution in [2.45, 2.75) is 20.4 Å². The first-order valence-electron chi connectivity index (χ1n) is 5.98. The minimum absolute atomic E-state index is 0.0602. The highest BCUT2D eigenvalue weighted by atomic mass is 19.1. The van der Waals surface area contributed by atoms with E-state index in [0.29, 0.717) is 5.69 Å². The number of halogens is 1. The molecule has 0 saturated heterocycles. The molecule has 0 aliphatic heterocycles. The van der Waals surface area contributed by atoms with Gasteiger partial charge in [-0.05, 0) is 19.9 Å². The molecule has 0 aliphatic carbocycles. The van der Waals surface area contributed by atoms with Gasteiger partial charge in [-0.15, -0.1) is 0 Å². The molecular formula is C12H15FN6O. The normalized spacial score (nSPS) is 11.2. The van der Waals surface area contributed by atoms with Gasteiger partial charge in [-0.2, -0.15) is 19.7 Å². The Balaban J connectivity index is 1.96. The van der Waals surface area contributed by atoms with Gasteiger partial charge in [-0.25, -0.2) is 10.1 Å². The predicted molar refractivity (Wildman–Crippen MR) is 70.6 cm³/mol. The molecule has 0 radical (unpaired) electrons. The molecule has 0 fully saturated rings. The van der Waals surface area contributed by atoms with Crippen LogP contribution in [0, 0.1) is 19.8 Å². The molecule has 0 spiro atoms. The molecule has 2 aromatic heterocycles. The van der Waals surface area contributed by atoms with Gasteiger partial charge < -0.3 is 0 Å². The van der Waals surface area contributed by atoms with Gasteiger partial charge in [0.1, 0.15) is 6.54 Å². The van der Waals surface area contributed by atoms with Gasteiger partial charge >= 0.3 is 0 Å². The van der Waals surface area contributed by atoms with Crippen LogP contribution in [0.3, 0.4) is 0 Å². The van der Waals surface area contributed by atoms with Crippen LogP contribution in [0.5, 0.6) is 0 Å². The smallest absolute Gasteiger partial charge is 0.261 e. The van der Waals surface area contributed by atoms with Crippen molar-refractivity contribution in [3.8, 4) is 0 Å². The first-order chi connectivity index (χ1) is 9.49. The number of aryl methyl sites for hydroxylation is 3. The average Bonchev–Trinajstić information content (AvgIpc) is 2.88. The Morgan fingerprint density at radius 3 is 2.85 bits per heavy atom. The number of amides is 1. The maximum absolute atomic E-state index is 13.6. The minimum Gasteiger partial charge on any atom is -0.271 e. The van der Waals surface area contributed by atoms with Crippen molar-refractivity contribution in [3.63, 3.8) is 0 Å². The van der Waals surface area contributed by atoms with Crippen molar-refractivity contribution in [3.05, 3.63) is 35.2 Å². The number of hydrogen-bond acceptors (Lipinski definition) is 4. The van der Waals surface area contributed by atoms with Crippen LogP contribution in [0.2, 0.25) is 0 Å². The second-order valence-electron chi connectivity index (χ2n) is 4.34. The van der Waals surface area contributed by atoms with E-state index in [-0.39, 0.29) is 18.0 Å². The molecule has 0 aliphatic rings. The van der Waals surface area contributed by atoms with E-state index in [1.54, 1.807) is 23.9 Å².